The van der Waals surface area contributed by atoms with E-state index in [-0.39, 0.29) is 5.97 Å². The molecule has 1 aliphatic rings. The zero-order valence-corrected chi connectivity index (χ0v) is 11.3. The highest BCUT2D eigenvalue weighted by Gasteiger charge is 2.29. The lowest BCUT2D eigenvalue weighted by Crippen LogP contribution is -2.15. The highest BCUT2D eigenvalue weighted by Crippen LogP contribution is 2.33. The first-order valence-electron chi connectivity index (χ1n) is 6.66. The van der Waals surface area contributed by atoms with Crippen LogP contribution >= 0.6 is 0 Å². The summed E-state index contributed by atoms with van der Waals surface area (Å²) >= 11 is 0. The SMILES string of the molecule is C=CCn1nc2c(c1C(=O)OCC)CCc1[nH]ncc1-2. The number of allylic oxidation sites excluding steroid dienone is 1. The van der Waals surface area contributed by atoms with Crippen LogP contribution in [0.15, 0.2) is 18.9 Å². The van der Waals surface area contributed by atoms with Crippen molar-refractivity contribution in [2.24, 2.45) is 0 Å². The van der Waals surface area contributed by atoms with Gasteiger partial charge in [-0.15, -0.1) is 6.58 Å². The molecule has 0 unspecified atom stereocenters. The maximum Gasteiger partial charge on any atom is 0.356 e. The van der Waals surface area contributed by atoms with Crippen LogP contribution in [-0.2, 0) is 24.1 Å². The van der Waals surface area contributed by atoms with Gasteiger partial charge >= 0.3 is 5.97 Å². The number of carbonyl (C=O) groups excluding carboxylic acids is 1. The molecule has 0 aliphatic heterocycles. The Balaban J connectivity index is 2.14. The van der Waals surface area contributed by atoms with Gasteiger partial charge in [0.05, 0.1) is 25.0 Å². The molecule has 0 bridgehead atoms. The lowest BCUT2D eigenvalue weighted by molar-refractivity contribution is 0.0511. The van der Waals surface area contributed by atoms with Crippen molar-refractivity contribution >= 4 is 5.97 Å². The Labute approximate surface area is 116 Å². The number of nitrogens with zero attached hydrogens (tertiary/aromatic N) is 3. The minimum absolute atomic E-state index is 0.324. The minimum atomic E-state index is -0.324. The zero-order valence-electron chi connectivity index (χ0n) is 11.3. The smallest absolute Gasteiger partial charge is 0.356 e. The molecule has 2 aromatic rings. The molecule has 0 saturated heterocycles. The number of aromatic nitrogens is 4. The van der Waals surface area contributed by atoms with Crippen molar-refractivity contribution in [2.45, 2.75) is 26.3 Å². The summed E-state index contributed by atoms with van der Waals surface area (Å²) in [6, 6.07) is 0. The summed E-state index contributed by atoms with van der Waals surface area (Å²) in [7, 11) is 0. The Kier molecular flexibility index (Phi) is 3.14. The fraction of sp³-hybridized carbons (Fsp3) is 0.357. The molecule has 0 radical (unpaired) electrons. The van der Waals surface area contributed by atoms with Gasteiger partial charge < -0.3 is 4.74 Å². The van der Waals surface area contributed by atoms with Gasteiger partial charge in [-0.25, -0.2) is 4.79 Å². The fourth-order valence-corrected chi connectivity index (χ4v) is 2.59. The van der Waals surface area contributed by atoms with E-state index in [1.54, 1.807) is 23.9 Å². The van der Waals surface area contributed by atoms with Gasteiger partial charge in [-0.1, -0.05) is 6.08 Å². The number of H-pyrrole nitrogens is 1. The number of fused-ring (bicyclic) bond motifs is 3. The number of ether oxygens (including phenoxy) is 1. The van der Waals surface area contributed by atoms with Crippen LogP contribution in [0.3, 0.4) is 0 Å². The monoisotopic (exact) mass is 272 g/mol. The number of nitrogens with one attached hydrogen (secondary N) is 1. The molecule has 2 aromatic heterocycles. The first kappa shape index (κ1) is 12.7. The summed E-state index contributed by atoms with van der Waals surface area (Å²) in [5.41, 5.74) is 4.34. The van der Waals surface area contributed by atoms with E-state index in [0.717, 1.165) is 35.4 Å². The van der Waals surface area contributed by atoms with Crippen LogP contribution in [0, 0.1) is 0 Å². The van der Waals surface area contributed by atoms with Crippen molar-refractivity contribution in [2.75, 3.05) is 6.61 Å². The number of hydrogen-bond donors (Lipinski definition) is 1. The van der Waals surface area contributed by atoms with E-state index in [9.17, 15) is 4.79 Å². The van der Waals surface area contributed by atoms with E-state index in [0.29, 0.717) is 18.8 Å². The molecular formula is C14H16N4O2. The Morgan fingerprint density at radius 1 is 1.60 bits per heavy atom. The van der Waals surface area contributed by atoms with Gasteiger partial charge in [-0.2, -0.15) is 10.2 Å². The lowest BCUT2D eigenvalue weighted by atomic mass is 9.94. The molecule has 20 heavy (non-hydrogen) atoms. The second-order valence-corrected chi connectivity index (χ2v) is 4.63. The molecule has 0 spiro atoms. The summed E-state index contributed by atoms with van der Waals surface area (Å²) in [5.74, 6) is -0.324. The third kappa shape index (κ3) is 1.84. The van der Waals surface area contributed by atoms with Gasteiger partial charge in [0.1, 0.15) is 0 Å². The summed E-state index contributed by atoms with van der Waals surface area (Å²) < 4.78 is 6.82. The molecule has 0 amide bonds. The first-order valence-corrected chi connectivity index (χ1v) is 6.66. The molecule has 6 heteroatoms. The average Bonchev–Trinajstić information content (AvgIpc) is 3.01. The molecule has 6 nitrogen and oxygen atoms in total. The van der Waals surface area contributed by atoms with Crippen molar-refractivity contribution in [3.05, 3.63) is 35.8 Å². The Morgan fingerprint density at radius 2 is 2.45 bits per heavy atom. The number of aryl methyl sites for hydroxylation is 1. The predicted molar refractivity (Wildman–Crippen MR) is 73.4 cm³/mol. The summed E-state index contributed by atoms with van der Waals surface area (Å²) in [6.07, 6.45) is 5.06. The fourth-order valence-electron chi connectivity index (χ4n) is 2.59. The van der Waals surface area contributed by atoms with Crippen LogP contribution in [0.4, 0.5) is 0 Å². The number of hydrogen-bond acceptors (Lipinski definition) is 4. The number of aromatic amines is 1. The van der Waals surface area contributed by atoms with E-state index in [2.05, 4.69) is 21.9 Å². The minimum Gasteiger partial charge on any atom is -0.461 e. The topological polar surface area (TPSA) is 72.8 Å². The van der Waals surface area contributed by atoms with Crippen LogP contribution in [0.2, 0.25) is 0 Å². The van der Waals surface area contributed by atoms with Gasteiger partial charge in [0.15, 0.2) is 5.69 Å². The molecule has 2 heterocycles. The van der Waals surface area contributed by atoms with Gasteiger partial charge in [0.2, 0.25) is 0 Å². The number of rotatable bonds is 4. The number of esters is 1. The highest BCUT2D eigenvalue weighted by atomic mass is 16.5. The van der Waals surface area contributed by atoms with E-state index >= 15 is 0 Å². The highest BCUT2D eigenvalue weighted by molar-refractivity contribution is 5.92. The molecule has 3 rings (SSSR count). The Morgan fingerprint density at radius 3 is 3.20 bits per heavy atom. The lowest BCUT2D eigenvalue weighted by Gasteiger charge is -2.11. The molecule has 0 saturated carbocycles. The molecule has 0 atom stereocenters. The quantitative estimate of drug-likeness (QED) is 0.679. The summed E-state index contributed by atoms with van der Waals surface area (Å²) in [6.45, 7) is 6.34. The van der Waals surface area contributed by atoms with Crippen LogP contribution in [0.5, 0.6) is 0 Å². The molecule has 0 aromatic carbocycles. The van der Waals surface area contributed by atoms with Crippen molar-refractivity contribution < 1.29 is 9.53 Å². The van der Waals surface area contributed by atoms with E-state index in [1.165, 1.54) is 0 Å². The van der Waals surface area contributed by atoms with Crippen LogP contribution in [-0.4, -0.2) is 32.6 Å². The van der Waals surface area contributed by atoms with Crippen molar-refractivity contribution in [3.63, 3.8) is 0 Å². The molecule has 104 valence electrons. The first-order chi connectivity index (χ1) is 9.76. The van der Waals surface area contributed by atoms with Gasteiger partial charge in [-0.05, 0) is 19.8 Å². The molecule has 0 fully saturated rings. The van der Waals surface area contributed by atoms with Crippen LogP contribution < -0.4 is 0 Å². The van der Waals surface area contributed by atoms with Crippen LogP contribution in [0.25, 0.3) is 11.3 Å². The largest absolute Gasteiger partial charge is 0.461 e. The maximum atomic E-state index is 12.2. The Bertz CT molecular complexity index is 669. The van der Waals surface area contributed by atoms with E-state index in [4.69, 9.17) is 4.74 Å². The Hall–Kier alpha value is -2.37. The standard InChI is InChI=1S/C14H16N4O2/c1-3-7-18-13(14(19)20-4-2)9-5-6-11-10(8-15-16-11)12(9)17-18/h3,8H,1,4-7H2,2H3,(H,15,16). The average molecular weight is 272 g/mol. The van der Waals surface area contributed by atoms with E-state index < -0.39 is 0 Å². The zero-order chi connectivity index (χ0) is 14.1. The predicted octanol–water partition coefficient (Wildman–Crippen LogP) is 1.73. The second-order valence-electron chi connectivity index (χ2n) is 4.63. The van der Waals surface area contributed by atoms with Crippen LogP contribution in [0.1, 0.15) is 28.7 Å². The van der Waals surface area contributed by atoms with Gasteiger partial charge in [0.25, 0.3) is 0 Å². The molecule has 1 aliphatic carbocycles. The third-order valence-corrected chi connectivity index (χ3v) is 3.42. The summed E-state index contributed by atoms with van der Waals surface area (Å²) in [5, 5.41) is 11.6. The van der Waals surface area contributed by atoms with Crippen molar-refractivity contribution in [1.82, 2.24) is 20.0 Å². The second kappa shape index (κ2) is 4.96. The third-order valence-electron chi connectivity index (χ3n) is 3.42. The van der Waals surface area contributed by atoms with Gasteiger partial charge in [-0.3, -0.25) is 9.78 Å². The van der Waals surface area contributed by atoms with Crippen molar-refractivity contribution in [1.29, 1.82) is 0 Å². The van der Waals surface area contributed by atoms with Crippen molar-refractivity contribution in [3.8, 4) is 11.3 Å². The summed E-state index contributed by atoms with van der Waals surface area (Å²) in [4.78, 5) is 12.2. The van der Waals surface area contributed by atoms with Gasteiger partial charge in [0, 0.05) is 16.8 Å². The molecular weight excluding hydrogens is 256 g/mol. The normalized spacial score (nSPS) is 12.7. The van der Waals surface area contributed by atoms with E-state index in [1.807, 2.05) is 0 Å². The number of carbonyl (C=O) groups is 1. The molecule has 1 N–H and O–H groups in total. The maximum absolute atomic E-state index is 12.2.